The molecule has 1 heteroatoms. The first-order valence-electron chi connectivity index (χ1n) is 6.92. The highest BCUT2D eigenvalue weighted by molar-refractivity contribution is 4.84. The molecular formula is C14H29N. The van der Waals surface area contributed by atoms with Gasteiger partial charge in [-0.1, -0.05) is 39.0 Å². The fourth-order valence-corrected chi connectivity index (χ4v) is 2.64. The van der Waals surface area contributed by atoms with Crippen molar-refractivity contribution in [3.8, 4) is 0 Å². The first-order valence-corrected chi connectivity index (χ1v) is 6.92. The Morgan fingerprint density at radius 2 is 1.53 bits per heavy atom. The van der Waals surface area contributed by atoms with E-state index >= 15 is 0 Å². The van der Waals surface area contributed by atoms with E-state index in [9.17, 15) is 0 Å². The average Bonchev–Trinajstić information content (AvgIpc) is 2.70. The van der Waals surface area contributed by atoms with E-state index < -0.39 is 0 Å². The van der Waals surface area contributed by atoms with Crippen LogP contribution in [0.15, 0.2) is 0 Å². The molecular weight excluding hydrogens is 182 g/mol. The molecule has 0 aromatic carbocycles. The maximum atomic E-state index is 2.69. The first-order chi connectivity index (χ1) is 7.17. The molecule has 0 radical (unpaired) electrons. The van der Waals surface area contributed by atoms with Gasteiger partial charge in [0, 0.05) is 5.54 Å². The Hall–Kier alpha value is -0.0400. The van der Waals surface area contributed by atoms with Crippen molar-refractivity contribution in [1.82, 2.24) is 4.90 Å². The lowest BCUT2D eigenvalue weighted by molar-refractivity contribution is 0.140. The molecule has 0 unspecified atom stereocenters. The molecule has 0 amide bonds. The van der Waals surface area contributed by atoms with Gasteiger partial charge >= 0.3 is 0 Å². The molecule has 1 rings (SSSR count). The zero-order valence-corrected chi connectivity index (χ0v) is 11.0. The van der Waals surface area contributed by atoms with Gasteiger partial charge in [0.05, 0.1) is 0 Å². The molecule has 0 N–H and O–H groups in total. The van der Waals surface area contributed by atoms with Crippen LogP contribution in [0.5, 0.6) is 0 Å². The fraction of sp³-hybridized carbons (Fsp3) is 1.00. The van der Waals surface area contributed by atoms with Crippen LogP contribution < -0.4 is 0 Å². The van der Waals surface area contributed by atoms with Crippen LogP contribution in [-0.2, 0) is 0 Å². The largest absolute Gasteiger partial charge is 0.298 e. The molecule has 0 aromatic heterocycles. The summed E-state index contributed by atoms with van der Waals surface area (Å²) in [6.45, 7) is 9.81. The van der Waals surface area contributed by atoms with Gasteiger partial charge < -0.3 is 0 Å². The summed E-state index contributed by atoms with van der Waals surface area (Å²) in [5.74, 6) is 0. The van der Waals surface area contributed by atoms with Crippen LogP contribution in [0.1, 0.15) is 72.1 Å². The summed E-state index contributed by atoms with van der Waals surface area (Å²) in [7, 11) is 0. The monoisotopic (exact) mass is 211 g/mol. The number of hydrogen-bond donors (Lipinski definition) is 0. The molecule has 1 aliphatic rings. The Labute approximate surface area is 96.2 Å². The molecule has 0 bridgehead atoms. The predicted octanol–water partition coefficient (Wildman–Crippen LogP) is 4.22. The van der Waals surface area contributed by atoms with E-state index in [0.717, 1.165) is 0 Å². The van der Waals surface area contributed by atoms with E-state index in [4.69, 9.17) is 0 Å². The molecule has 90 valence electrons. The maximum Gasteiger partial charge on any atom is 0.0153 e. The van der Waals surface area contributed by atoms with E-state index in [1.165, 1.54) is 64.5 Å². The van der Waals surface area contributed by atoms with Crippen LogP contribution in [0.2, 0.25) is 0 Å². The predicted molar refractivity (Wildman–Crippen MR) is 68.3 cm³/mol. The summed E-state index contributed by atoms with van der Waals surface area (Å²) in [6.07, 6.45) is 11.3. The molecule has 1 nitrogen and oxygen atoms in total. The number of likely N-dealkylation sites (tertiary alicyclic amines) is 1. The molecule has 0 saturated carbocycles. The van der Waals surface area contributed by atoms with Crippen molar-refractivity contribution in [3.05, 3.63) is 0 Å². The van der Waals surface area contributed by atoms with Gasteiger partial charge in [-0.3, -0.25) is 4.90 Å². The highest BCUT2D eigenvalue weighted by Crippen LogP contribution is 2.26. The highest BCUT2D eigenvalue weighted by Gasteiger charge is 2.27. The van der Waals surface area contributed by atoms with E-state index in [-0.39, 0.29) is 0 Å². The van der Waals surface area contributed by atoms with Crippen molar-refractivity contribution in [1.29, 1.82) is 0 Å². The standard InChI is InChI=1S/C14H29N/c1-4-5-6-7-8-11-14(2,3)15-12-9-10-13-15/h4-13H2,1-3H3. The van der Waals surface area contributed by atoms with Crippen molar-refractivity contribution in [2.75, 3.05) is 13.1 Å². The van der Waals surface area contributed by atoms with Crippen LogP contribution >= 0.6 is 0 Å². The van der Waals surface area contributed by atoms with Gasteiger partial charge in [-0.05, 0) is 46.2 Å². The SMILES string of the molecule is CCCCCCCC(C)(C)N1CCCC1. The van der Waals surface area contributed by atoms with Crippen molar-refractivity contribution in [3.63, 3.8) is 0 Å². The number of unbranched alkanes of at least 4 members (excludes halogenated alkanes) is 4. The summed E-state index contributed by atoms with van der Waals surface area (Å²) in [5, 5.41) is 0. The lowest BCUT2D eigenvalue weighted by Gasteiger charge is -2.35. The summed E-state index contributed by atoms with van der Waals surface area (Å²) in [6, 6.07) is 0. The zero-order chi connectivity index (χ0) is 11.1. The Morgan fingerprint density at radius 1 is 0.933 bits per heavy atom. The Morgan fingerprint density at radius 3 is 2.13 bits per heavy atom. The molecule has 1 heterocycles. The van der Waals surface area contributed by atoms with E-state index in [2.05, 4.69) is 25.7 Å². The first kappa shape index (κ1) is 13.0. The zero-order valence-electron chi connectivity index (χ0n) is 11.0. The molecule has 0 aromatic rings. The Kier molecular flexibility index (Phi) is 5.66. The quantitative estimate of drug-likeness (QED) is 0.570. The summed E-state index contributed by atoms with van der Waals surface area (Å²) >= 11 is 0. The van der Waals surface area contributed by atoms with Crippen LogP contribution in [-0.4, -0.2) is 23.5 Å². The minimum atomic E-state index is 0.461. The molecule has 1 saturated heterocycles. The molecule has 15 heavy (non-hydrogen) atoms. The highest BCUT2D eigenvalue weighted by atomic mass is 15.2. The lowest BCUT2D eigenvalue weighted by Crippen LogP contribution is -2.41. The molecule has 0 aliphatic carbocycles. The Bertz CT molecular complexity index is 157. The third-order valence-electron chi connectivity index (χ3n) is 3.85. The van der Waals surface area contributed by atoms with Crippen LogP contribution in [0.25, 0.3) is 0 Å². The van der Waals surface area contributed by atoms with Crippen LogP contribution in [0, 0.1) is 0 Å². The van der Waals surface area contributed by atoms with E-state index in [1.54, 1.807) is 0 Å². The molecule has 1 aliphatic heterocycles. The van der Waals surface area contributed by atoms with Gasteiger partial charge in [0.15, 0.2) is 0 Å². The minimum absolute atomic E-state index is 0.461. The third-order valence-corrected chi connectivity index (χ3v) is 3.85. The summed E-state index contributed by atoms with van der Waals surface area (Å²) < 4.78 is 0. The van der Waals surface area contributed by atoms with Gasteiger partial charge in [-0.25, -0.2) is 0 Å². The van der Waals surface area contributed by atoms with Crippen LogP contribution in [0.3, 0.4) is 0 Å². The van der Waals surface area contributed by atoms with Crippen molar-refractivity contribution < 1.29 is 0 Å². The Balaban J connectivity index is 2.12. The second-order valence-electron chi connectivity index (χ2n) is 5.67. The second kappa shape index (κ2) is 6.52. The maximum absolute atomic E-state index is 2.69. The van der Waals surface area contributed by atoms with Crippen molar-refractivity contribution in [2.45, 2.75) is 77.7 Å². The molecule has 1 fully saturated rings. The molecule has 0 spiro atoms. The normalized spacial score (nSPS) is 18.6. The van der Waals surface area contributed by atoms with Gasteiger partial charge in [0.1, 0.15) is 0 Å². The fourth-order valence-electron chi connectivity index (χ4n) is 2.64. The second-order valence-corrected chi connectivity index (χ2v) is 5.67. The smallest absolute Gasteiger partial charge is 0.0153 e. The topological polar surface area (TPSA) is 3.24 Å². The van der Waals surface area contributed by atoms with Crippen molar-refractivity contribution in [2.24, 2.45) is 0 Å². The van der Waals surface area contributed by atoms with Gasteiger partial charge in [0.25, 0.3) is 0 Å². The van der Waals surface area contributed by atoms with Gasteiger partial charge in [-0.2, -0.15) is 0 Å². The van der Waals surface area contributed by atoms with E-state index in [1.807, 2.05) is 0 Å². The lowest BCUT2D eigenvalue weighted by atomic mass is 9.94. The van der Waals surface area contributed by atoms with Crippen LogP contribution in [0.4, 0.5) is 0 Å². The number of hydrogen-bond acceptors (Lipinski definition) is 1. The summed E-state index contributed by atoms with van der Waals surface area (Å²) in [4.78, 5) is 2.69. The molecule has 0 atom stereocenters. The number of rotatable bonds is 7. The van der Waals surface area contributed by atoms with Gasteiger partial charge in [0.2, 0.25) is 0 Å². The summed E-state index contributed by atoms with van der Waals surface area (Å²) in [5.41, 5.74) is 0.461. The number of nitrogens with zero attached hydrogens (tertiary/aromatic N) is 1. The minimum Gasteiger partial charge on any atom is -0.298 e. The van der Waals surface area contributed by atoms with Gasteiger partial charge in [-0.15, -0.1) is 0 Å². The third kappa shape index (κ3) is 4.55. The van der Waals surface area contributed by atoms with E-state index in [0.29, 0.717) is 5.54 Å². The average molecular weight is 211 g/mol. The van der Waals surface area contributed by atoms with Crippen molar-refractivity contribution >= 4 is 0 Å².